The van der Waals surface area contributed by atoms with Gasteiger partial charge in [0.1, 0.15) is 0 Å². The number of carbonyl (C=O) groups is 3. The molecule has 102 valence electrons. The first-order valence-electron chi connectivity index (χ1n) is 5.47. The highest BCUT2D eigenvalue weighted by Gasteiger charge is 2.10. The maximum atomic E-state index is 11.5. The van der Waals surface area contributed by atoms with Gasteiger partial charge in [-0.3, -0.25) is 14.9 Å². The molecular formula is C12H13ClN2O4. The van der Waals surface area contributed by atoms with Crippen LogP contribution >= 0.6 is 11.6 Å². The third-order valence-electron chi connectivity index (χ3n) is 2.27. The SMILES string of the molecule is Cc1ccc(Cl)cc1NC(=O)NC(=O)CCC(=O)O. The van der Waals surface area contributed by atoms with Crippen LogP contribution in [0.15, 0.2) is 18.2 Å². The summed E-state index contributed by atoms with van der Waals surface area (Å²) in [5, 5.41) is 13.4. The van der Waals surface area contributed by atoms with Crippen LogP contribution in [-0.4, -0.2) is 23.0 Å². The van der Waals surface area contributed by atoms with Gasteiger partial charge in [-0.15, -0.1) is 0 Å². The predicted molar refractivity (Wildman–Crippen MR) is 70.2 cm³/mol. The summed E-state index contributed by atoms with van der Waals surface area (Å²) in [6, 6.07) is 4.24. The summed E-state index contributed by atoms with van der Waals surface area (Å²) in [4.78, 5) is 33.0. The van der Waals surface area contributed by atoms with Gasteiger partial charge < -0.3 is 10.4 Å². The first-order chi connectivity index (χ1) is 8.88. The zero-order chi connectivity index (χ0) is 14.4. The Kier molecular flexibility index (Phi) is 5.32. The number of carbonyl (C=O) groups excluding carboxylic acids is 2. The zero-order valence-corrected chi connectivity index (χ0v) is 11.0. The zero-order valence-electron chi connectivity index (χ0n) is 10.2. The van der Waals surface area contributed by atoms with Crippen molar-refractivity contribution in [2.24, 2.45) is 0 Å². The van der Waals surface area contributed by atoms with Crippen molar-refractivity contribution < 1.29 is 19.5 Å². The second-order valence-corrected chi connectivity index (χ2v) is 4.29. The van der Waals surface area contributed by atoms with E-state index in [1.165, 1.54) is 0 Å². The predicted octanol–water partition coefficient (Wildman–Crippen LogP) is 2.16. The molecule has 0 aliphatic carbocycles. The Hall–Kier alpha value is -2.08. The molecule has 0 aliphatic rings. The minimum atomic E-state index is -1.10. The van der Waals surface area contributed by atoms with Gasteiger partial charge in [-0.1, -0.05) is 17.7 Å². The van der Waals surface area contributed by atoms with Crippen LogP contribution in [0.2, 0.25) is 5.02 Å². The summed E-state index contributed by atoms with van der Waals surface area (Å²) in [5.41, 5.74) is 1.27. The number of nitrogens with one attached hydrogen (secondary N) is 2. The molecule has 0 fully saturated rings. The van der Waals surface area contributed by atoms with Gasteiger partial charge in [-0.05, 0) is 24.6 Å². The highest BCUT2D eigenvalue weighted by atomic mass is 35.5. The topological polar surface area (TPSA) is 95.5 Å². The normalized spacial score (nSPS) is 9.79. The van der Waals surface area contributed by atoms with Crippen molar-refractivity contribution >= 4 is 35.2 Å². The number of hydrogen-bond donors (Lipinski definition) is 3. The van der Waals surface area contributed by atoms with E-state index in [0.29, 0.717) is 10.7 Å². The average molecular weight is 285 g/mol. The lowest BCUT2D eigenvalue weighted by Crippen LogP contribution is -2.34. The molecule has 0 aromatic heterocycles. The molecule has 3 N–H and O–H groups in total. The average Bonchev–Trinajstić information content (AvgIpc) is 2.31. The smallest absolute Gasteiger partial charge is 0.325 e. The summed E-state index contributed by atoms with van der Waals surface area (Å²) in [6.45, 7) is 1.78. The number of anilines is 1. The van der Waals surface area contributed by atoms with Crippen molar-refractivity contribution in [2.45, 2.75) is 19.8 Å². The highest BCUT2D eigenvalue weighted by Crippen LogP contribution is 2.19. The fourth-order valence-electron chi connectivity index (χ4n) is 1.29. The third-order valence-corrected chi connectivity index (χ3v) is 2.50. The van der Waals surface area contributed by atoms with Crippen LogP contribution in [0.4, 0.5) is 10.5 Å². The number of aliphatic carboxylic acids is 1. The molecule has 0 saturated carbocycles. The Morgan fingerprint density at radius 3 is 2.58 bits per heavy atom. The fraction of sp³-hybridized carbons (Fsp3) is 0.250. The lowest BCUT2D eigenvalue weighted by Gasteiger charge is -2.09. The summed E-state index contributed by atoms with van der Waals surface area (Å²) in [7, 11) is 0. The lowest BCUT2D eigenvalue weighted by atomic mass is 10.2. The number of imide groups is 1. The van der Waals surface area contributed by atoms with Gasteiger partial charge in [0.15, 0.2) is 0 Å². The summed E-state index contributed by atoms with van der Waals surface area (Å²) < 4.78 is 0. The number of amides is 3. The monoisotopic (exact) mass is 284 g/mol. The van der Waals surface area contributed by atoms with E-state index in [0.717, 1.165) is 5.56 Å². The van der Waals surface area contributed by atoms with E-state index in [9.17, 15) is 14.4 Å². The van der Waals surface area contributed by atoms with Crippen molar-refractivity contribution in [1.29, 1.82) is 0 Å². The number of halogens is 1. The van der Waals surface area contributed by atoms with Crippen molar-refractivity contribution in [3.8, 4) is 0 Å². The van der Waals surface area contributed by atoms with E-state index in [1.54, 1.807) is 25.1 Å². The molecule has 0 bridgehead atoms. The molecule has 7 heteroatoms. The van der Waals surface area contributed by atoms with E-state index in [1.807, 2.05) is 5.32 Å². The van der Waals surface area contributed by atoms with Crippen LogP contribution in [-0.2, 0) is 9.59 Å². The van der Waals surface area contributed by atoms with E-state index in [4.69, 9.17) is 16.7 Å². The van der Waals surface area contributed by atoms with Crippen LogP contribution in [0.3, 0.4) is 0 Å². The van der Waals surface area contributed by atoms with Gasteiger partial charge in [0.2, 0.25) is 5.91 Å². The van der Waals surface area contributed by atoms with E-state index >= 15 is 0 Å². The molecule has 0 heterocycles. The molecule has 3 amide bonds. The van der Waals surface area contributed by atoms with Crippen LogP contribution in [0.25, 0.3) is 0 Å². The molecule has 19 heavy (non-hydrogen) atoms. The van der Waals surface area contributed by atoms with E-state index in [2.05, 4.69) is 5.32 Å². The highest BCUT2D eigenvalue weighted by molar-refractivity contribution is 6.31. The first-order valence-corrected chi connectivity index (χ1v) is 5.85. The lowest BCUT2D eigenvalue weighted by molar-refractivity contribution is -0.138. The Balaban J connectivity index is 2.53. The minimum Gasteiger partial charge on any atom is -0.481 e. The number of carboxylic acids is 1. The first kappa shape index (κ1) is 15.0. The van der Waals surface area contributed by atoms with E-state index in [-0.39, 0.29) is 12.8 Å². The Labute approximate surface area is 114 Å². The van der Waals surface area contributed by atoms with Crippen LogP contribution in [0.1, 0.15) is 18.4 Å². The molecule has 0 aliphatic heterocycles. The van der Waals surface area contributed by atoms with Crippen molar-refractivity contribution in [2.75, 3.05) is 5.32 Å². The molecule has 1 rings (SSSR count). The third kappa shape index (κ3) is 5.39. The van der Waals surface area contributed by atoms with Gasteiger partial charge in [-0.2, -0.15) is 0 Å². The van der Waals surface area contributed by atoms with E-state index < -0.39 is 17.9 Å². The Bertz CT molecular complexity index is 516. The number of benzene rings is 1. The quantitative estimate of drug-likeness (QED) is 0.789. The van der Waals surface area contributed by atoms with Crippen molar-refractivity contribution in [1.82, 2.24) is 5.32 Å². The minimum absolute atomic E-state index is 0.253. The van der Waals surface area contributed by atoms with Gasteiger partial charge >= 0.3 is 12.0 Å². The van der Waals surface area contributed by atoms with Gasteiger partial charge in [-0.25, -0.2) is 4.79 Å². The molecule has 1 aromatic carbocycles. The molecule has 0 saturated heterocycles. The summed E-state index contributed by atoms with van der Waals surface area (Å²) in [6.07, 6.45) is -0.577. The summed E-state index contributed by atoms with van der Waals surface area (Å²) >= 11 is 5.79. The second-order valence-electron chi connectivity index (χ2n) is 3.86. The molecular weight excluding hydrogens is 272 g/mol. The largest absolute Gasteiger partial charge is 0.481 e. The number of carboxylic acid groups (broad SMARTS) is 1. The van der Waals surface area contributed by atoms with Crippen LogP contribution < -0.4 is 10.6 Å². The number of aryl methyl sites for hydroxylation is 1. The molecule has 6 nitrogen and oxygen atoms in total. The van der Waals surface area contributed by atoms with Gasteiger partial charge in [0.05, 0.1) is 6.42 Å². The van der Waals surface area contributed by atoms with Gasteiger partial charge in [0.25, 0.3) is 0 Å². The molecule has 0 radical (unpaired) electrons. The number of rotatable bonds is 4. The number of urea groups is 1. The second kappa shape index (κ2) is 6.75. The Morgan fingerprint density at radius 1 is 1.26 bits per heavy atom. The standard InChI is InChI=1S/C12H13ClN2O4/c1-7-2-3-8(13)6-9(7)14-12(19)15-10(16)4-5-11(17)18/h2-3,6H,4-5H2,1H3,(H,17,18)(H2,14,15,16,19). The van der Waals surface area contributed by atoms with Crippen molar-refractivity contribution in [3.63, 3.8) is 0 Å². The fourth-order valence-corrected chi connectivity index (χ4v) is 1.46. The molecule has 0 atom stereocenters. The molecule has 0 unspecified atom stereocenters. The van der Waals surface area contributed by atoms with Crippen molar-refractivity contribution in [3.05, 3.63) is 28.8 Å². The van der Waals surface area contributed by atoms with Gasteiger partial charge in [0, 0.05) is 17.1 Å². The summed E-state index contributed by atoms with van der Waals surface area (Å²) in [5.74, 6) is -1.75. The maximum absolute atomic E-state index is 11.5. The molecule has 0 spiro atoms. The molecule has 1 aromatic rings. The maximum Gasteiger partial charge on any atom is 0.325 e. The Morgan fingerprint density at radius 2 is 1.95 bits per heavy atom. The van der Waals surface area contributed by atoms with Crippen LogP contribution in [0.5, 0.6) is 0 Å². The number of hydrogen-bond acceptors (Lipinski definition) is 3. The van der Waals surface area contributed by atoms with Crippen LogP contribution in [0, 0.1) is 6.92 Å².